The van der Waals surface area contributed by atoms with E-state index in [2.05, 4.69) is 19.2 Å². The molecule has 1 unspecified atom stereocenters. The minimum atomic E-state index is -0.792. The second-order valence-corrected chi connectivity index (χ2v) is 10.9. The number of nitrogens with zero attached hydrogens (tertiary/aromatic N) is 1. The van der Waals surface area contributed by atoms with E-state index in [1.807, 2.05) is 68.4 Å². The molecule has 0 fully saturated rings. The molecule has 0 spiro atoms. The lowest BCUT2D eigenvalue weighted by molar-refractivity contribution is -0.142. The van der Waals surface area contributed by atoms with Crippen LogP contribution in [0.15, 0.2) is 72.8 Å². The topological polar surface area (TPSA) is 58.6 Å². The number of carbonyl (C=O) groups excluding carboxylic acids is 2. The van der Waals surface area contributed by atoms with Gasteiger partial charge in [0.1, 0.15) is 11.8 Å². The van der Waals surface area contributed by atoms with Crippen molar-refractivity contribution >= 4 is 35.0 Å². The molecule has 1 atom stereocenters. The number of nitrogens with one attached hydrogen (secondary N) is 1. The van der Waals surface area contributed by atoms with Gasteiger partial charge in [0.25, 0.3) is 5.91 Å². The molecule has 2 amide bonds. The Kier molecular flexibility index (Phi) is 11.1. The van der Waals surface area contributed by atoms with Gasteiger partial charge in [-0.05, 0) is 41.2 Å². The van der Waals surface area contributed by atoms with Crippen LogP contribution in [0.4, 0.5) is 0 Å². The van der Waals surface area contributed by atoms with Crippen LogP contribution in [0.2, 0.25) is 10.0 Å². The van der Waals surface area contributed by atoms with Crippen molar-refractivity contribution in [1.29, 1.82) is 0 Å². The molecular formula is C31H36Cl2N2O3. The van der Waals surface area contributed by atoms with Crippen LogP contribution in [0, 0.1) is 5.92 Å². The van der Waals surface area contributed by atoms with Crippen LogP contribution in [0.1, 0.15) is 50.3 Å². The van der Waals surface area contributed by atoms with Crippen LogP contribution in [0.25, 0.3) is 0 Å². The molecule has 3 aromatic carbocycles. The average Bonchev–Trinajstić information content (AvgIpc) is 2.90. The Morgan fingerprint density at radius 2 is 1.50 bits per heavy atom. The molecule has 38 heavy (non-hydrogen) atoms. The van der Waals surface area contributed by atoms with Crippen molar-refractivity contribution in [3.8, 4) is 5.75 Å². The first-order valence-corrected chi connectivity index (χ1v) is 13.7. The van der Waals surface area contributed by atoms with Crippen molar-refractivity contribution in [3.05, 3.63) is 99.5 Å². The number of rotatable bonds is 12. The zero-order valence-electron chi connectivity index (χ0n) is 22.4. The molecule has 202 valence electrons. The van der Waals surface area contributed by atoms with E-state index in [0.717, 1.165) is 11.1 Å². The maximum atomic E-state index is 13.8. The molecule has 7 heteroatoms. The molecule has 0 saturated heterocycles. The van der Waals surface area contributed by atoms with Gasteiger partial charge >= 0.3 is 0 Å². The third kappa shape index (κ3) is 8.24. The first-order valence-electron chi connectivity index (χ1n) is 12.9. The monoisotopic (exact) mass is 554 g/mol. The standard InChI is InChI=1S/C31H36Cl2N2O3/c1-21(2)18-34-31(37)28(17-23-11-6-5-7-12-23)35(19-25-26(32)14-10-15-27(25)33)30(36)20-38-29-16-9-8-13-24(29)22(3)4/h5-16,21-22,28H,17-20H2,1-4H3,(H,34,37). The Morgan fingerprint density at radius 1 is 0.868 bits per heavy atom. The molecule has 0 heterocycles. The van der Waals surface area contributed by atoms with Crippen LogP contribution in [-0.2, 0) is 22.6 Å². The summed E-state index contributed by atoms with van der Waals surface area (Å²) in [6.07, 6.45) is 0.334. The minimum Gasteiger partial charge on any atom is -0.483 e. The second-order valence-electron chi connectivity index (χ2n) is 10.0. The lowest BCUT2D eigenvalue weighted by Gasteiger charge is -2.32. The van der Waals surface area contributed by atoms with E-state index in [4.69, 9.17) is 27.9 Å². The number of hydrogen-bond donors (Lipinski definition) is 1. The number of benzene rings is 3. The van der Waals surface area contributed by atoms with Crippen LogP contribution in [0.5, 0.6) is 5.75 Å². The first kappa shape index (κ1) is 29.5. The fourth-order valence-corrected chi connectivity index (χ4v) is 4.66. The van der Waals surface area contributed by atoms with Gasteiger partial charge in [-0.15, -0.1) is 0 Å². The number of halogens is 2. The molecule has 0 aromatic heterocycles. The highest BCUT2D eigenvalue weighted by molar-refractivity contribution is 6.36. The molecule has 1 N–H and O–H groups in total. The van der Waals surface area contributed by atoms with Gasteiger partial charge in [-0.1, -0.05) is 105 Å². The van der Waals surface area contributed by atoms with E-state index < -0.39 is 6.04 Å². The van der Waals surface area contributed by atoms with Crippen molar-refractivity contribution in [1.82, 2.24) is 10.2 Å². The molecule has 0 aliphatic rings. The Balaban J connectivity index is 1.97. The summed E-state index contributed by atoms with van der Waals surface area (Å²) in [6, 6.07) is 21.7. The highest BCUT2D eigenvalue weighted by Gasteiger charge is 2.32. The summed E-state index contributed by atoms with van der Waals surface area (Å²) >= 11 is 13.0. The van der Waals surface area contributed by atoms with Crippen molar-refractivity contribution in [2.75, 3.05) is 13.2 Å². The molecule has 0 bridgehead atoms. The normalized spacial score (nSPS) is 11.9. The summed E-state index contributed by atoms with van der Waals surface area (Å²) in [4.78, 5) is 28.9. The van der Waals surface area contributed by atoms with E-state index in [1.54, 1.807) is 18.2 Å². The zero-order valence-corrected chi connectivity index (χ0v) is 23.9. The van der Waals surface area contributed by atoms with Gasteiger partial charge in [0.15, 0.2) is 6.61 Å². The maximum absolute atomic E-state index is 13.8. The summed E-state index contributed by atoms with van der Waals surface area (Å²) in [5.74, 6) is 0.568. The number of amides is 2. The van der Waals surface area contributed by atoms with E-state index in [9.17, 15) is 9.59 Å². The Hall–Kier alpha value is -3.02. The van der Waals surface area contributed by atoms with Crippen molar-refractivity contribution in [3.63, 3.8) is 0 Å². The molecular weight excluding hydrogens is 519 g/mol. The van der Waals surface area contributed by atoms with E-state index in [0.29, 0.717) is 34.3 Å². The Bertz CT molecular complexity index is 1190. The third-order valence-electron chi connectivity index (χ3n) is 6.24. The molecule has 0 saturated carbocycles. The highest BCUT2D eigenvalue weighted by Crippen LogP contribution is 2.28. The molecule has 5 nitrogen and oxygen atoms in total. The van der Waals surface area contributed by atoms with Crippen molar-refractivity contribution in [2.45, 2.75) is 52.6 Å². The predicted molar refractivity (Wildman–Crippen MR) is 155 cm³/mol. The number of ether oxygens (including phenoxy) is 1. The number of carbonyl (C=O) groups is 2. The van der Waals surface area contributed by atoms with E-state index in [-0.39, 0.29) is 36.8 Å². The van der Waals surface area contributed by atoms with Gasteiger partial charge in [-0.3, -0.25) is 9.59 Å². The fraction of sp³-hybridized carbons (Fsp3) is 0.355. The Morgan fingerprint density at radius 3 is 2.13 bits per heavy atom. The van der Waals surface area contributed by atoms with E-state index >= 15 is 0 Å². The zero-order chi connectivity index (χ0) is 27.7. The molecule has 3 aromatic rings. The average molecular weight is 556 g/mol. The smallest absolute Gasteiger partial charge is 0.261 e. The van der Waals surface area contributed by atoms with Crippen molar-refractivity contribution in [2.24, 2.45) is 5.92 Å². The summed E-state index contributed by atoms with van der Waals surface area (Å²) in [5, 5.41) is 3.88. The Labute approximate surface area is 236 Å². The third-order valence-corrected chi connectivity index (χ3v) is 6.95. The van der Waals surface area contributed by atoms with Gasteiger partial charge in [0.2, 0.25) is 5.91 Å². The summed E-state index contributed by atoms with van der Waals surface area (Å²) < 4.78 is 6.03. The minimum absolute atomic E-state index is 0.0686. The number of para-hydroxylation sites is 1. The molecule has 0 radical (unpaired) electrons. The quantitative estimate of drug-likeness (QED) is 0.264. The maximum Gasteiger partial charge on any atom is 0.261 e. The second kappa shape index (κ2) is 14.2. The summed E-state index contributed by atoms with van der Waals surface area (Å²) in [7, 11) is 0. The van der Waals surface area contributed by atoms with Crippen LogP contribution >= 0.6 is 23.2 Å². The van der Waals surface area contributed by atoms with E-state index in [1.165, 1.54) is 4.90 Å². The van der Waals surface area contributed by atoms with Crippen molar-refractivity contribution < 1.29 is 14.3 Å². The van der Waals surface area contributed by atoms with Gasteiger partial charge in [0.05, 0.1) is 0 Å². The van der Waals surface area contributed by atoms with Gasteiger partial charge in [-0.2, -0.15) is 0 Å². The van der Waals surface area contributed by atoms with Gasteiger partial charge < -0.3 is 15.0 Å². The molecule has 3 rings (SSSR count). The fourth-order valence-electron chi connectivity index (χ4n) is 4.14. The SMILES string of the molecule is CC(C)CNC(=O)C(Cc1ccccc1)N(Cc1c(Cl)cccc1Cl)C(=O)COc1ccccc1C(C)C. The lowest BCUT2D eigenvalue weighted by Crippen LogP contribution is -2.52. The van der Waals surface area contributed by atoms with Gasteiger partial charge in [-0.25, -0.2) is 0 Å². The predicted octanol–water partition coefficient (Wildman–Crippen LogP) is 6.91. The lowest BCUT2D eigenvalue weighted by atomic mass is 10.0. The summed E-state index contributed by atoms with van der Waals surface area (Å²) in [5.41, 5.74) is 2.53. The summed E-state index contributed by atoms with van der Waals surface area (Å²) in [6.45, 7) is 8.54. The number of hydrogen-bond acceptors (Lipinski definition) is 3. The molecule has 0 aliphatic carbocycles. The highest BCUT2D eigenvalue weighted by atomic mass is 35.5. The van der Waals surface area contributed by atoms with Crippen LogP contribution in [-0.4, -0.2) is 35.9 Å². The molecule has 0 aliphatic heterocycles. The van der Waals surface area contributed by atoms with Crippen LogP contribution in [0.3, 0.4) is 0 Å². The van der Waals surface area contributed by atoms with Gasteiger partial charge in [0, 0.05) is 35.1 Å². The first-order chi connectivity index (χ1) is 18.2. The van der Waals surface area contributed by atoms with Crippen LogP contribution < -0.4 is 10.1 Å². The largest absolute Gasteiger partial charge is 0.483 e.